The summed E-state index contributed by atoms with van der Waals surface area (Å²) >= 11 is 3.00. The van der Waals surface area contributed by atoms with E-state index >= 15 is 0 Å². The maximum atomic E-state index is 13.1. The highest BCUT2D eigenvalue weighted by atomic mass is 32.2. The van der Waals surface area contributed by atoms with Crippen LogP contribution in [0, 0.1) is 0 Å². The maximum absolute atomic E-state index is 13.1. The van der Waals surface area contributed by atoms with Crippen LogP contribution in [0.1, 0.15) is 25.5 Å². The van der Waals surface area contributed by atoms with Crippen molar-refractivity contribution in [3.8, 4) is 10.6 Å². The Morgan fingerprint density at radius 3 is 2.70 bits per heavy atom. The van der Waals surface area contributed by atoms with Gasteiger partial charge in [0.05, 0.1) is 28.8 Å². The Balaban J connectivity index is 1.71. The second kappa shape index (κ2) is 10.6. The normalized spacial score (nSPS) is 16.0. The van der Waals surface area contributed by atoms with Gasteiger partial charge >= 0.3 is 12.0 Å². The number of nitrogens with zero attached hydrogens (tertiary/aromatic N) is 3. The molecule has 1 atom stereocenters. The van der Waals surface area contributed by atoms with Crippen molar-refractivity contribution in [3.63, 3.8) is 0 Å². The fraction of sp³-hybridized carbons (Fsp3) is 0.250. The third-order valence-electron chi connectivity index (χ3n) is 5.13. The monoisotopic (exact) mass is 480 g/mol. The van der Waals surface area contributed by atoms with E-state index in [9.17, 15) is 9.59 Å². The Morgan fingerprint density at radius 1 is 1.18 bits per heavy atom. The van der Waals surface area contributed by atoms with Gasteiger partial charge in [0.15, 0.2) is 5.16 Å². The van der Waals surface area contributed by atoms with Crippen molar-refractivity contribution >= 4 is 35.1 Å². The van der Waals surface area contributed by atoms with Gasteiger partial charge in [0.2, 0.25) is 0 Å². The minimum absolute atomic E-state index is 0.246. The van der Waals surface area contributed by atoms with E-state index in [4.69, 9.17) is 4.74 Å². The number of benzene rings is 1. The van der Waals surface area contributed by atoms with Gasteiger partial charge in [-0.15, -0.1) is 11.3 Å². The molecule has 0 saturated heterocycles. The number of thioether (sulfide) groups is 1. The van der Waals surface area contributed by atoms with Crippen molar-refractivity contribution in [3.05, 3.63) is 76.9 Å². The predicted octanol–water partition coefficient (Wildman–Crippen LogP) is 4.90. The number of hydrogen-bond acceptors (Lipinski definition) is 7. The van der Waals surface area contributed by atoms with Crippen LogP contribution in [-0.2, 0) is 9.53 Å². The van der Waals surface area contributed by atoms with Gasteiger partial charge in [0, 0.05) is 24.2 Å². The van der Waals surface area contributed by atoms with Crippen molar-refractivity contribution in [2.24, 2.45) is 0 Å². The van der Waals surface area contributed by atoms with Gasteiger partial charge in [-0.3, -0.25) is 4.90 Å². The average Bonchev–Trinajstić information content (AvgIpc) is 3.38. The molecule has 0 aliphatic carbocycles. The Bertz CT molecular complexity index is 1150. The number of aromatic nitrogens is 2. The van der Waals surface area contributed by atoms with E-state index in [1.54, 1.807) is 29.4 Å². The van der Waals surface area contributed by atoms with Gasteiger partial charge in [-0.2, -0.15) is 0 Å². The van der Waals surface area contributed by atoms with E-state index < -0.39 is 12.0 Å². The number of carbonyl (C=O) groups excluding carboxylic acids is 2. The van der Waals surface area contributed by atoms with Crippen LogP contribution < -0.4 is 5.32 Å². The number of carbonyl (C=O) groups is 2. The fourth-order valence-corrected chi connectivity index (χ4v) is 5.21. The van der Waals surface area contributed by atoms with Gasteiger partial charge in [-0.05, 0) is 36.9 Å². The van der Waals surface area contributed by atoms with Crippen LogP contribution in [0.25, 0.3) is 10.6 Å². The first-order valence-electron chi connectivity index (χ1n) is 10.6. The molecule has 0 saturated carbocycles. The summed E-state index contributed by atoms with van der Waals surface area (Å²) in [6, 6.07) is 14.5. The lowest BCUT2D eigenvalue weighted by Gasteiger charge is -2.36. The molecule has 170 valence electrons. The zero-order chi connectivity index (χ0) is 23.2. The standard InChI is InChI=1S/C24H24N4O3S2/c1-3-28-18(15-33-23-25-13-12-17(26-23)19-11-8-14-32-19)20(22(29)31-4-2)21(27-24(28)30)16-9-6-5-7-10-16/h5-14,21H,3-4,15H2,1-2H3,(H,27,30)/t21-/m0/s1. The minimum atomic E-state index is -0.588. The molecule has 7 nitrogen and oxygen atoms in total. The second-order valence-corrected chi connectivity index (χ2v) is 9.00. The van der Waals surface area contributed by atoms with Crippen LogP contribution in [0.2, 0.25) is 0 Å². The molecule has 1 N–H and O–H groups in total. The zero-order valence-corrected chi connectivity index (χ0v) is 20.0. The summed E-state index contributed by atoms with van der Waals surface area (Å²) in [4.78, 5) is 37.7. The summed E-state index contributed by atoms with van der Waals surface area (Å²) in [5, 5.41) is 5.55. The lowest BCUT2D eigenvalue weighted by Crippen LogP contribution is -2.49. The Hall–Kier alpha value is -3.17. The molecule has 3 aromatic rings. The molecule has 1 aromatic carbocycles. The molecule has 2 amide bonds. The molecular formula is C24H24N4O3S2. The third-order valence-corrected chi connectivity index (χ3v) is 6.89. The summed E-state index contributed by atoms with van der Waals surface area (Å²) in [5.41, 5.74) is 2.72. The molecule has 0 radical (unpaired) electrons. The highest BCUT2D eigenvalue weighted by molar-refractivity contribution is 7.99. The summed E-state index contributed by atoms with van der Waals surface area (Å²) in [7, 11) is 0. The number of thiophene rings is 1. The molecule has 1 aliphatic rings. The second-order valence-electron chi connectivity index (χ2n) is 7.11. The first-order chi connectivity index (χ1) is 16.1. The molecule has 9 heteroatoms. The fourth-order valence-electron chi connectivity index (χ4n) is 3.64. The number of rotatable bonds is 8. The number of nitrogens with one attached hydrogen (secondary N) is 1. The highest BCUT2D eigenvalue weighted by Gasteiger charge is 2.37. The van der Waals surface area contributed by atoms with Crippen molar-refractivity contribution < 1.29 is 14.3 Å². The highest BCUT2D eigenvalue weighted by Crippen LogP contribution is 2.34. The predicted molar refractivity (Wildman–Crippen MR) is 130 cm³/mol. The minimum Gasteiger partial charge on any atom is -0.463 e. The number of ether oxygens (including phenoxy) is 1. The Labute approximate surface area is 200 Å². The van der Waals surface area contributed by atoms with Gasteiger partial charge in [-0.1, -0.05) is 48.2 Å². The summed E-state index contributed by atoms with van der Waals surface area (Å²) < 4.78 is 5.40. The van der Waals surface area contributed by atoms with Crippen LogP contribution in [0.5, 0.6) is 0 Å². The van der Waals surface area contributed by atoms with Crippen molar-refractivity contribution in [1.29, 1.82) is 0 Å². The quantitative estimate of drug-likeness (QED) is 0.280. The van der Waals surface area contributed by atoms with Crippen LogP contribution in [0.15, 0.2) is 76.5 Å². The first-order valence-corrected chi connectivity index (χ1v) is 12.5. The number of hydrogen-bond donors (Lipinski definition) is 1. The van der Waals surface area contributed by atoms with Gasteiger partial charge in [0.1, 0.15) is 0 Å². The molecule has 33 heavy (non-hydrogen) atoms. The van der Waals surface area contributed by atoms with E-state index in [-0.39, 0.29) is 12.6 Å². The molecule has 3 heterocycles. The smallest absolute Gasteiger partial charge is 0.338 e. The largest absolute Gasteiger partial charge is 0.463 e. The van der Waals surface area contributed by atoms with Gasteiger partial charge < -0.3 is 10.1 Å². The van der Waals surface area contributed by atoms with Gasteiger partial charge in [0.25, 0.3) is 0 Å². The van der Waals surface area contributed by atoms with Gasteiger partial charge in [-0.25, -0.2) is 19.6 Å². The molecule has 0 fully saturated rings. The molecule has 2 aromatic heterocycles. The van der Waals surface area contributed by atoms with E-state index in [1.807, 2.05) is 60.8 Å². The third kappa shape index (κ3) is 5.09. The van der Waals surface area contributed by atoms with E-state index in [0.29, 0.717) is 28.7 Å². The number of urea groups is 1. The lowest BCUT2D eigenvalue weighted by atomic mass is 9.95. The summed E-state index contributed by atoms with van der Waals surface area (Å²) in [6.07, 6.45) is 1.73. The molecule has 4 rings (SSSR count). The molecule has 0 spiro atoms. The number of amides is 2. The first kappa shape index (κ1) is 23.0. The molecule has 0 unspecified atom stereocenters. The number of esters is 1. The Kier molecular flexibility index (Phi) is 7.41. The molecule has 1 aliphatic heterocycles. The topological polar surface area (TPSA) is 84.4 Å². The summed E-state index contributed by atoms with van der Waals surface area (Å²) in [5.74, 6) is -0.0826. The van der Waals surface area contributed by atoms with E-state index in [1.165, 1.54) is 11.8 Å². The maximum Gasteiger partial charge on any atom is 0.338 e. The SMILES string of the molecule is CCOC(=O)C1=C(CSc2nccc(-c3cccs3)n2)N(CC)C(=O)N[C@H]1c1ccccc1. The van der Waals surface area contributed by atoms with Crippen molar-refractivity contribution in [2.45, 2.75) is 25.0 Å². The lowest BCUT2D eigenvalue weighted by molar-refractivity contribution is -0.139. The average molecular weight is 481 g/mol. The van der Waals surface area contributed by atoms with E-state index in [2.05, 4.69) is 15.3 Å². The Morgan fingerprint density at radius 2 is 2.00 bits per heavy atom. The van der Waals surface area contributed by atoms with Crippen LogP contribution >= 0.6 is 23.1 Å². The molecular weight excluding hydrogens is 456 g/mol. The van der Waals surface area contributed by atoms with E-state index in [0.717, 1.165) is 16.1 Å². The van der Waals surface area contributed by atoms with Crippen LogP contribution in [0.3, 0.4) is 0 Å². The van der Waals surface area contributed by atoms with Crippen molar-refractivity contribution in [1.82, 2.24) is 20.2 Å². The van der Waals surface area contributed by atoms with Crippen LogP contribution in [-0.4, -0.2) is 45.8 Å². The molecule has 0 bridgehead atoms. The van der Waals surface area contributed by atoms with Crippen LogP contribution in [0.4, 0.5) is 4.79 Å². The zero-order valence-electron chi connectivity index (χ0n) is 18.4. The summed E-state index contributed by atoms with van der Waals surface area (Å²) in [6.45, 7) is 4.32. The van der Waals surface area contributed by atoms with Crippen molar-refractivity contribution in [2.75, 3.05) is 18.9 Å².